The van der Waals surface area contributed by atoms with Gasteiger partial charge in [0.25, 0.3) is 0 Å². The van der Waals surface area contributed by atoms with Crippen molar-refractivity contribution in [3.05, 3.63) is 77.9 Å². The summed E-state index contributed by atoms with van der Waals surface area (Å²) in [7, 11) is 1.55. The smallest absolute Gasteiger partial charge is 0.326 e. The van der Waals surface area contributed by atoms with E-state index in [4.69, 9.17) is 4.74 Å². The van der Waals surface area contributed by atoms with Crippen molar-refractivity contribution in [2.24, 2.45) is 0 Å². The Morgan fingerprint density at radius 2 is 1.74 bits per heavy atom. The summed E-state index contributed by atoms with van der Waals surface area (Å²) in [6.07, 6.45) is 0.322. The van der Waals surface area contributed by atoms with Crippen molar-refractivity contribution in [2.75, 3.05) is 7.11 Å². The number of ether oxygens (including phenoxy) is 1. The number of carboxylic acid groups (broad SMARTS) is 1. The predicted octanol–water partition coefficient (Wildman–Crippen LogP) is 3.20. The molecule has 0 heterocycles. The second kappa shape index (κ2) is 8.36. The first-order valence-electron chi connectivity index (χ1n) is 8.68. The van der Waals surface area contributed by atoms with Crippen LogP contribution in [0.15, 0.2) is 66.7 Å². The number of rotatable bonds is 7. The van der Waals surface area contributed by atoms with Gasteiger partial charge in [0, 0.05) is 6.42 Å². The number of carbonyl (C=O) groups is 2. The SMILES string of the molecule is COc1cccc(C[C@@H](NC(=O)Cc2ccc3ccccc3c2)C(=O)O)c1. The van der Waals surface area contributed by atoms with Gasteiger partial charge >= 0.3 is 5.97 Å². The van der Waals surface area contributed by atoms with Gasteiger partial charge in [0.1, 0.15) is 11.8 Å². The number of methoxy groups -OCH3 is 1. The largest absolute Gasteiger partial charge is 0.497 e. The van der Waals surface area contributed by atoms with Crippen LogP contribution in [0.3, 0.4) is 0 Å². The molecule has 138 valence electrons. The lowest BCUT2D eigenvalue weighted by Crippen LogP contribution is -2.43. The van der Waals surface area contributed by atoms with Crippen LogP contribution in [0.5, 0.6) is 5.75 Å². The van der Waals surface area contributed by atoms with Gasteiger partial charge in [-0.1, -0.05) is 54.6 Å². The second-order valence-electron chi connectivity index (χ2n) is 6.37. The van der Waals surface area contributed by atoms with Crippen LogP contribution < -0.4 is 10.1 Å². The van der Waals surface area contributed by atoms with E-state index in [-0.39, 0.29) is 18.7 Å². The highest BCUT2D eigenvalue weighted by Crippen LogP contribution is 2.17. The summed E-state index contributed by atoms with van der Waals surface area (Å²) in [6, 6.07) is 19.9. The summed E-state index contributed by atoms with van der Waals surface area (Å²) in [5, 5.41) is 14.2. The number of hydrogen-bond acceptors (Lipinski definition) is 3. The van der Waals surface area contributed by atoms with Gasteiger partial charge in [-0.05, 0) is 34.0 Å². The Bertz CT molecular complexity index is 967. The van der Waals surface area contributed by atoms with E-state index in [1.807, 2.05) is 48.5 Å². The highest BCUT2D eigenvalue weighted by molar-refractivity contribution is 5.87. The normalized spacial score (nSPS) is 11.7. The molecular weight excluding hydrogens is 342 g/mol. The minimum absolute atomic E-state index is 0.132. The maximum absolute atomic E-state index is 12.4. The summed E-state index contributed by atoms with van der Waals surface area (Å²) in [5.41, 5.74) is 1.63. The number of benzene rings is 3. The molecule has 0 aliphatic rings. The number of amides is 1. The molecule has 2 N–H and O–H groups in total. The van der Waals surface area contributed by atoms with E-state index >= 15 is 0 Å². The summed E-state index contributed by atoms with van der Waals surface area (Å²) in [4.78, 5) is 24.0. The molecule has 0 radical (unpaired) electrons. The molecule has 0 aliphatic carbocycles. The minimum atomic E-state index is -1.07. The van der Waals surface area contributed by atoms with Crippen LogP contribution in [-0.2, 0) is 22.4 Å². The van der Waals surface area contributed by atoms with Crippen molar-refractivity contribution in [2.45, 2.75) is 18.9 Å². The zero-order valence-corrected chi connectivity index (χ0v) is 15.0. The van der Waals surface area contributed by atoms with Crippen molar-refractivity contribution in [3.63, 3.8) is 0 Å². The third-order valence-electron chi connectivity index (χ3n) is 4.39. The van der Waals surface area contributed by atoms with Gasteiger partial charge in [-0.15, -0.1) is 0 Å². The van der Waals surface area contributed by atoms with E-state index in [9.17, 15) is 14.7 Å². The zero-order chi connectivity index (χ0) is 19.2. The number of carboxylic acids is 1. The van der Waals surface area contributed by atoms with Crippen LogP contribution in [0.25, 0.3) is 10.8 Å². The molecule has 3 rings (SSSR count). The first kappa shape index (κ1) is 18.5. The Morgan fingerprint density at radius 3 is 2.48 bits per heavy atom. The Morgan fingerprint density at radius 1 is 0.963 bits per heavy atom. The minimum Gasteiger partial charge on any atom is -0.497 e. The van der Waals surface area contributed by atoms with E-state index < -0.39 is 12.0 Å². The van der Waals surface area contributed by atoms with Gasteiger partial charge in [-0.3, -0.25) is 4.79 Å². The molecule has 0 bridgehead atoms. The summed E-state index contributed by atoms with van der Waals surface area (Å²) in [6.45, 7) is 0. The monoisotopic (exact) mass is 363 g/mol. The van der Waals surface area contributed by atoms with Crippen molar-refractivity contribution < 1.29 is 19.4 Å². The van der Waals surface area contributed by atoms with Crippen LogP contribution in [-0.4, -0.2) is 30.1 Å². The van der Waals surface area contributed by atoms with Crippen LogP contribution in [0, 0.1) is 0 Å². The zero-order valence-electron chi connectivity index (χ0n) is 15.0. The highest BCUT2D eigenvalue weighted by Gasteiger charge is 2.20. The fraction of sp³-hybridized carbons (Fsp3) is 0.182. The molecule has 0 saturated carbocycles. The lowest BCUT2D eigenvalue weighted by atomic mass is 10.0. The predicted molar refractivity (Wildman–Crippen MR) is 104 cm³/mol. The topological polar surface area (TPSA) is 75.6 Å². The molecule has 3 aromatic rings. The average Bonchev–Trinajstić information content (AvgIpc) is 2.67. The van der Waals surface area contributed by atoms with Gasteiger partial charge in [0.2, 0.25) is 5.91 Å². The molecule has 0 saturated heterocycles. The maximum Gasteiger partial charge on any atom is 0.326 e. The number of fused-ring (bicyclic) bond motifs is 1. The van der Waals surface area contributed by atoms with E-state index in [1.165, 1.54) is 0 Å². The summed E-state index contributed by atoms with van der Waals surface area (Å²) >= 11 is 0. The number of hydrogen-bond donors (Lipinski definition) is 2. The van der Waals surface area contributed by atoms with E-state index in [2.05, 4.69) is 5.32 Å². The van der Waals surface area contributed by atoms with Crippen LogP contribution in [0.2, 0.25) is 0 Å². The third-order valence-corrected chi connectivity index (χ3v) is 4.39. The molecular formula is C22H21NO4. The molecule has 3 aromatic carbocycles. The molecule has 0 aliphatic heterocycles. The number of carbonyl (C=O) groups excluding carboxylic acids is 1. The van der Waals surface area contributed by atoms with Gasteiger partial charge in [0.05, 0.1) is 13.5 Å². The van der Waals surface area contributed by atoms with Gasteiger partial charge < -0.3 is 15.2 Å². The molecule has 5 nitrogen and oxygen atoms in total. The van der Waals surface area contributed by atoms with Gasteiger partial charge in [0.15, 0.2) is 0 Å². The van der Waals surface area contributed by atoms with E-state index in [0.29, 0.717) is 5.75 Å². The highest BCUT2D eigenvalue weighted by atomic mass is 16.5. The molecule has 0 spiro atoms. The molecule has 0 fully saturated rings. The summed E-state index contributed by atoms with van der Waals surface area (Å²) in [5.74, 6) is -0.732. The lowest BCUT2D eigenvalue weighted by Gasteiger charge is -2.15. The lowest BCUT2D eigenvalue weighted by molar-refractivity contribution is -0.141. The fourth-order valence-corrected chi connectivity index (χ4v) is 3.01. The first-order chi connectivity index (χ1) is 13.0. The van der Waals surface area contributed by atoms with Crippen LogP contribution in [0.1, 0.15) is 11.1 Å². The third kappa shape index (κ3) is 4.85. The Hall–Kier alpha value is -3.34. The van der Waals surface area contributed by atoms with E-state index in [1.54, 1.807) is 25.3 Å². The Balaban J connectivity index is 1.67. The first-order valence-corrected chi connectivity index (χ1v) is 8.68. The standard InChI is InChI=1S/C22H21NO4/c1-27-19-8-4-5-15(12-19)13-20(22(25)26)23-21(24)14-16-9-10-17-6-2-3-7-18(17)11-16/h2-12,20H,13-14H2,1H3,(H,23,24)(H,25,26)/t20-/m1/s1. The van der Waals surface area contributed by atoms with Crippen molar-refractivity contribution in [3.8, 4) is 5.75 Å². The van der Waals surface area contributed by atoms with Gasteiger partial charge in [-0.25, -0.2) is 4.79 Å². The molecule has 27 heavy (non-hydrogen) atoms. The van der Waals surface area contributed by atoms with Gasteiger partial charge in [-0.2, -0.15) is 0 Å². The molecule has 1 atom stereocenters. The molecule has 5 heteroatoms. The van der Waals surface area contributed by atoms with Crippen LogP contribution in [0.4, 0.5) is 0 Å². The number of aliphatic carboxylic acids is 1. The second-order valence-corrected chi connectivity index (χ2v) is 6.37. The fourth-order valence-electron chi connectivity index (χ4n) is 3.01. The average molecular weight is 363 g/mol. The number of nitrogens with one attached hydrogen (secondary N) is 1. The summed E-state index contributed by atoms with van der Waals surface area (Å²) < 4.78 is 5.16. The maximum atomic E-state index is 12.4. The Labute approximate surface area is 157 Å². The molecule has 0 unspecified atom stereocenters. The van der Waals surface area contributed by atoms with Crippen molar-refractivity contribution >= 4 is 22.6 Å². The Kier molecular flexibility index (Phi) is 5.71. The molecule has 0 aromatic heterocycles. The van der Waals surface area contributed by atoms with Crippen molar-refractivity contribution in [1.82, 2.24) is 5.32 Å². The van der Waals surface area contributed by atoms with E-state index in [0.717, 1.165) is 21.9 Å². The van der Waals surface area contributed by atoms with Crippen LogP contribution >= 0.6 is 0 Å². The molecule has 1 amide bonds. The quantitative estimate of drug-likeness (QED) is 0.676. The van der Waals surface area contributed by atoms with Crippen molar-refractivity contribution in [1.29, 1.82) is 0 Å².